The zero-order chi connectivity index (χ0) is 27.1. The van der Waals surface area contributed by atoms with Crippen LogP contribution in [0.2, 0.25) is 0 Å². The first-order valence-electron chi connectivity index (χ1n) is 12.0. The Morgan fingerprint density at radius 1 is 1.18 bits per heavy atom. The van der Waals surface area contributed by atoms with E-state index in [1.165, 1.54) is 22.5 Å². The standard InChI is InChI=1S/C28H29N3O6S/c1-18-27(19(2)38-28(18)34)37-17-22(32)15-31-14-21(29-30-31)16-36-26-7-5-4-6-24(26)25(33)13-10-20-8-11-23(35-3)12-9-20/h4-14,19,22,32H,15-17H2,1-3H3/b13-10+. The molecule has 0 radical (unpaired) electrons. The minimum absolute atomic E-state index is 0.000516. The van der Waals surface area contributed by atoms with Crippen molar-refractivity contribution in [3.05, 3.63) is 89.0 Å². The molecule has 0 spiro atoms. The summed E-state index contributed by atoms with van der Waals surface area (Å²) in [7, 11) is 1.60. The number of ether oxygens (including phenoxy) is 3. The zero-order valence-electron chi connectivity index (χ0n) is 21.4. The van der Waals surface area contributed by atoms with Gasteiger partial charge in [0.15, 0.2) is 5.78 Å². The Balaban J connectivity index is 1.31. The molecule has 1 N–H and O–H groups in total. The Bertz CT molecular complexity index is 1350. The summed E-state index contributed by atoms with van der Waals surface area (Å²) < 4.78 is 18.2. The molecule has 0 fully saturated rings. The molecule has 9 nitrogen and oxygen atoms in total. The van der Waals surface area contributed by atoms with Crippen molar-refractivity contribution < 1.29 is 28.9 Å². The first-order valence-corrected chi connectivity index (χ1v) is 12.9. The third-order valence-electron chi connectivity index (χ3n) is 5.81. The number of benzene rings is 2. The first-order chi connectivity index (χ1) is 18.3. The normalized spacial score (nSPS) is 16.2. The number of allylic oxidation sites excluding steroid dienone is 1. The highest BCUT2D eigenvalue weighted by Gasteiger charge is 2.29. The summed E-state index contributed by atoms with van der Waals surface area (Å²) in [5.74, 6) is 1.60. The van der Waals surface area contributed by atoms with Crippen LogP contribution in [0.5, 0.6) is 11.5 Å². The van der Waals surface area contributed by atoms with Gasteiger partial charge in [-0.25, -0.2) is 4.68 Å². The van der Waals surface area contributed by atoms with Crippen LogP contribution in [-0.4, -0.2) is 56.1 Å². The van der Waals surface area contributed by atoms with Crippen LogP contribution in [0, 0.1) is 0 Å². The number of nitrogens with zero attached hydrogens (tertiary/aromatic N) is 3. The SMILES string of the molecule is COc1ccc(/C=C/C(=O)c2ccccc2OCc2cn(CC(O)COC3=C(C)C(=O)SC3C)nn2)cc1. The predicted octanol–water partition coefficient (Wildman–Crippen LogP) is 4.08. The van der Waals surface area contributed by atoms with Crippen molar-refractivity contribution in [3.8, 4) is 11.5 Å². The topological polar surface area (TPSA) is 113 Å². The molecule has 10 heteroatoms. The van der Waals surface area contributed by atoms with Gasteiger partial charge in [-0.05, 0) is 49.8 Å². The van der Waals surface area contributed by atoms with Crippen molar-refractivity contribution in [2.24, 2.45) is 0 Å². The fraction of sp³-hybridized carbons (Fsp3) is 0.286. The maximum atomic E-state index is 12.8. The number of rotatable bonds is 12. The molecule has 1 aromatic heterocycles. The van der Waals surface area contributed by atoms with Crippen molar-refractivity contribution in [2.75, 3.05) is 13.7 Å². The molecule has 0 bridgehead atoms. The molecule has 2 heterocycles. The fourth-order valence-electron chi connectivity index (χ4n) is 3.81. The smallest absolute Gasteiger partial charge is 0.219 e. The van der Waals surface area contributed by atoms with Gasteiger partial charge in [-0.2, -0.15) is 0 Å². The van der Waals surface area contributed by atoms with Gasteiger partial charge in [-0.15, -0.1) is 5.10 Å². The summed E-state index contributed by atoms with van der Waals surface area (Å²) >= 11 is 1.21. The van der Waals surface area contributed by atoms with Gasteiger partial charge >= 0.3 is 0 Å². The minimum Gasteiger partial charge on any atom is -0.497 e. The number of ketones is 1. The monoisotopic (exact) mass is 535 g/mol. The molecule has 0 saturated heterocycles. The Labute approximate surface area is 225 Å². The van der Waals surface area contributed by atoms with Gasteiger partial charge in [0.2, 0.25) is 5.12 Å². The summed E-state index contributed by atoms with van der Waals surface area (Å²) in [4.78, 5) is 24.6. The second kappa shape index (κ2) is 12.6. The molecule has 3 aromatic rings. The van der Waals surface area contributed by atoms with E-state index in [4.69, 9.17) is 14.2 Å². The van der Waals surface area contributed by atoms with Crippen LogP contribution in [0.15, 0.2) is 72.1 Å². The molecule has 0 amide bonds. The number of aliphatic hydroxyl groups is 1. The molecule has 0 saturated carbocycles. The van der Waals surface area contributed by atoms with Crippen LogP contribution in [0.4, 0.5) is 0 Å². The summed E-state index contributed by atoms with van der Waals surface area (Å²) in [6.07, 6.45) is 4.07. The van der Waals surface area contributed by atoms with Crippen molar-refractivity contribution in [1.82, 2.24) is 15.0 Å². The maximum absolute atomic E-state index is 12.8. The van der Waals surface area contributed by atoms with E-state index < -0.39 is 6.10 Å². The number of methoxy groups -OCH3 is 1. The molecule has 2 atom stereocenters. The van der Waals surface area contributed by atoms with E-state index in [1.807, 2.05) is 31.2 Å². The lowest BCUT2D eigenvalue weighted by Gasteiger charge is -2.15. The molecule has 38 heavy (non-hydrogen) atoms. The van der Waals surface area contributed by atoms with Crippen LogP contribution in [0.1, 0.15) is 35.5 Å². The van der Waals surface area contributed by atoms with Crippen molar-refractivity contribution in [1.29, 1.82) is 0 Å². The van der Waals surface area contributed by atoms with E-state index in [-0.39, 0.29) is 35.9 Å². The number of hydrogen-bond donors (Lipinski definition) is 1. The number of para-hydroxylation sites is 1. The van der Waals surface area contributed by atoms with Gasteiger partial charge in [0, 0.05) is 5.57 Å². The van der Waals surface area contributed by atoms with E-state index >= 15 is 0 Å². The van der Waals surface area contributed by atoms with Crippen LogP contribution in [0.3, 0.4) is 0 Å². The van der Waals surface area contributed by atoms with Gasteiger partial charge in [0.1, 0.15) is 42.3 Å². The number of hydrogen-bond acceptors (Lipinski definition) is 9. The largest absolute Gasteiger partial charge is 0.497 e. The van der Waals surface area contributed by atoms with Crippen LogP contribution >= 0.6 is 11.8 Å². The molecule has 0 aliphatic carbocycles. The van der Waals surface area contributed by atoms with Crippen LogP contribution in [-0.2, 0) is 22.7 Å². The molecule has 1 aliphatic heterocycles. The van der Waals surface area contributed by atoms with E-state index in [1.54, 1.807) is 50.6 Å². The van der Waals surface area contributed by atoms with Gasteiger partial charge < -0.3 is 19.3 Å². The Hall–Kier alpha value is -3.89. The molecular formula is C28H29N3O6S. The number of carbonyl (C=O) groups is 2. The molecule has 2 aromatic carbocycles. The molecule has 1 aliphatic rings. The first kappa shape index (κ1) is 27.2. The zero-order valence-corrected chi connectivity index (χ0v) is 22.2. The highest BCUT2D eigenvalue weighted by Crippen LogP contribution is 2.34. The number of aliphatic hydroxyl groups excluding tert-OH is 1. The van der Waals surface area contributed by atoms with Crippen molar-refractivity contribution >= 4 is 28.7 Å². The fourth-order valence-corrected chi connectivity index (χ4v) is 4.76. The number of carbonyl (C=O) groups excluding carboxylic acids is 2. The van der Waals surface area contributed by atoms with E-state index in [0.717, 1.165) is 11.3 Å². The number of thioether (sulfide) groups is 1. The average molecular weight is 536 g/mol. The maximum Gasteiger partial charge on any atom is 0.219 e. The summed E-state index contributed by atoms with van der Waals surface area (Å²) in [5, 5.41) is 18.4. The lowest BCUT2D eigenvalue weighted by Crippen LogP contribution is -2.23. The van der Waals surface area contributed by atoms with E-state index in [9.17, 15) is 14.7 Å². The molecule has 198 valence electrons. The molecular weight excluding hydrogens is 506 g/mol. The summed E-state index contributed by atoms with van der Waals surface area (Å²) in [5.41, 5.74) is 2.43. The van der Waals surface area contributed by atoms with Crippen LogP contribution in [0.25, 0.3) is 6.08 Å². The van der Waals surface area contributed by atoms with Crippen molar-refractivity contribution in [3.63, 3.8) is 0 Å². The van der Waals surface area contributed by atoms with Gasteiger partial charge in [0.05, 0.1) is 30.7 Å². The van der Waals surface area contributed by atoms with Gasteiger partial charge in [-0.1, -0.05) is 47.3 Å². The van der Waals surface area contributed by atoms with Gasteiger partial charge in [-0.3, -0.25) is 9.59 Å². The average Bonchev–Trinajstić information content (AvgIpc) is 3.47. The highest BCUT2D eigenvalue weighted by atomic mass is 32.2. The Morgan fingerprint density at radius 2 is 1.95 bits per heavy atom. The van der Waals surface area contributed by atoms with E-state index in [0.29, 0.717) is 28.3 Å². The Kier molecular flexibility index (Phi) is 8.98. The van der Waals surface area contributed by atoms with E-state index in [2.05, 4.69) is 10.3 Å². The summed E-state index contributed by atoms with van der Waals surface area (Å²) in [6.45, 7) is 3.93. The lowest BCUT2D eigenvalue weighted by atomic mass is 10.1. The molecule has 2 unspecified atom stereocenters. The third-order valence-corrected chi connectivity index (χ3v) is 6.90. The lowest BCUT2D eigenvalue weighted by molar-refractivity contribution is -0.107. The quantitative estimate of drug-likeness (QED) is 0.271. The van der Waals surface area contributed by atoms with Gasteiger partial charge in [0.25, 0.3) is 0 Å². The predicted molar refractivity (Wildman–Crippen MR) is 144 cm³/mol. The third kappa shape index (κ3) is 6.90. The highest BCUT2D eigenvalue weighted by molar-refractivity contribution is 8.15. The second-order valence-electron chi connectivity index (χ2n) is 8.69. The molecule has 4 rings (SSSR count). The second-order valence-corrected chi connectivity index (χ2v) is 10.0. The van der Waals surface area contributed by atoms with Crippen molar-refractivity contribution in [2.45, 2.75) is 38.4 Å². The van der Waals surface area contributed by atoms with Crippen LogP contribution < -0.4 is 9.47 Å². The summed E-state index contributed by atoms with van der Waals surface area (Å²) in [6, 6.07) is 14.4. The Morgan fingerprint density at radius 3 is 2.66 bits per heavy atom. The number of aromatic nitrogens is 3. The minimum atomic E-state index is -0.838.